The molecule has 0 fully saturated rings. The molecule has 0 amide bonds. The largest absolute Gasteiger partial charge is 0.512 e. The number of halogens is 1. The first kappa shape index (κ1) is 13.9. The Hall–Kier alpha value is -2.72. The predicted molar refractivity (Wildman–Crippen MR) is 90.2 cm³/mol. The van der Waals surface area contributed by atoms with E-state index in [1.54, 1.807) is 36.4 Å². The highest BCUT2D eigenvalue weighted by molar-refractivity contribution is 6.34. The third-order valence-electron chi connectivity index (χ3n) is 4.10. The normalized spacial score (nSPS) is 13.1. The molecule has 2 aromatic rings. The summed E-state index contributed by atoms with van der Waals surface area (Å²) in [6, 6.07) is 10.2. The molecule has 0 spiro atoms. The van der Waals surface area contributed by atoms with Gasteiger partial charge in [0.1, 0.15) is 5.76 Å². The Labute approximate surface area is 134 Å². The van der Waals surface area contributed by atoms with Crippen LogP contribution in [0, 0.1) is 10.4 Å². The summed E-state index contributed by atoms with van der Waals surface area (Å²) in [6.07, 6.45) is 0. The Balaban J connectivity index is 2.71. The number of aliphatic hydroxyl groups is 1. The van der Waals surface area contributed by atoms with Crippen LogP contribution in [0.5, 0.6) is 0 Å². The van der Waals surface area contributed by atoms with E-state index >= 15 is 0 Å². The first-order valence-corrected chi connectivity index (χ1v) is 7.38. The molecule has 1 aliphatic heterocycles. The zero-order valence-corrected chi connectivity index (χ0v) is 12.8. The van der Waals surface area contributed by atoms with Gasteiger partial charge in [0.25, 0.3) is 5.56 Å². The van der Waals surface area contributed by atoms with Crippen LogP contribution in [0.15, 0.2) is 46.0 Å². The summed E-state index contributed by atoms with van der Waals surface area (Å²) < 4.78 is 0. The van der Waals surface area contributed by atoms with Crippen molar-refractivity contribution in [1.29, 1.82) is 0 Å². The number of benzene rings is 2. The molecule has 23 heavy (non-hydrogen) atoms. The molecule has 1 heterocycles. The first-order valence-electron chi connectivity index (χ1n) is 7.01. The summed E-state index contributed by atoms with van der Waals surface area (Å²) in [7, 11) is 0. The van der Waals surface area contributed by atoms with Gasteiger partial charge < -0.3 is 5.11 Å². The van der Waals surface area contributed by atoms with E-state index in [2.05, 4.69) is 4.98 Å². The second kappa shape index (κ2) is 4.64. The predicted octanol–water partition coefficient (Wildman–Crippen LogP) is 2.33. The minimum absolute atomic E-state index is 0.112. The van der Waals surface area contributed by atoms with Gasteiger partial charge in [0.05, 0.1) is 15.8 Å². The van der Waals surface area contributed by atoms with E-state index < -0.39 is 5.56 Å². The summed E-state index contributed by atoms with van der Waals surface area (Å²) in [5.74, 6) is -0.130. The molecule has 0 saturated carbocycles. The molecule has 2 aliphatic rings. The van der Waals surface area contributed by atoms with Gasteiger partial charge in [-0.05, 0) is 24.4 Å². The lowest BCUT2D eigenvalue weighted by Gasteiger charge is -2.07. The van der Waals surface area contributed by atoms with E-state index in [-0.39, 0.29) is 21.9 Å². The highest BCUT2D eigenvalue weighted by Crippen LogP contribution is 2.23. The zero-order valence-electron chi connectivity index (χ0n) is 12.1. The average Bonchev–Trinajstić information content (AvgIpc) is 2.53. The average molecular weight is 324 g/mol. The van der Waals surface area contributed by atoms with Crippen molar-refractivity contribution in [3.63, 3.8) is 0 Å². The van der Waals surface area contributed by atoms with Crippen molar-refractivity contribution in [2.45, 2.75) is 6.92 Å². The van der Waals surface area contributed by atoms with Crippen LogP contribution in [0.4, 0.5) is 0 Å². The third-order valence-corrected chi connectivity index (χ3v) is 4.41. The summed E-state index contributed by atoms with van der Waals surface area (Å²) in [5, 5.41) is 13.0. The Bertz CT molecular complexity index is 1330. The first-order chi connectivity index (χ1) is 11.0. The van der Waals surface area contributed by atoms with Crippen molar-refractivity contribution in [2.24, 2.45) is 0 Å². The molecular weight excluding hydrogens is 314 g/mol. The lowest BCUT2D eigenvalue weighted by atomic mass is 9.98. The van der Waals surface area contributed by atoms with Gasteiger partial charge in [-0.25, -0.2) is 4.98 Å². The van der Waals surface area contributed by atoms with E-state index in [0.717, 1.165) is 0 Å². The lowest BCUT2D eigenvalue weighted by Crippen LogP contribution is -2.32. The number of hydrogen-bond acceptors (Lipinski definition) is 4. The SMILES string of the molecule is C/C(O)=c1/c(=O)nc2c(Cl)ccc3c2=c1c1ccccc1c3=O. The van der Waals surface area contributed by atoms with Crippen molar-refractivity contribution < 1.29 is 5.11 Å². The Morgan fingerprint density at radius 1 is 1.00 bits per heavy atom. The maximum atomic E-state index is 12.8. The van der Waals surface area contributed by atoms with Crippen LogP contribution in [0.2, 0.25) is 5.02 Å². The van der Waals surface area contributed by atoms with Gasteiger partial charge in [-0.3, -0.25) is 9.59 Å². The van der Waals surface area contributed by atoms with Crippen molar-refractivity contribution in [2.75, 3.05) is 0 Å². The minimum Gasteiger partial charge on any atom is -0.512 e. The van der Waals surface area contributed by atoms with E-state index in [0.29, 0.717) is 31.6 Å². The Morgan fingerprint density at radius 2 is 1.70 bits per heavy atom. The van der Waals surface area contributed by atoms with Gasteiger partial charge in [0.15, 0.2) is 5.43 Å². The summed E-state index contributed by atoms with van der Waals surface area (Å²) in [4.78, 5) is 29.1. The van der Waals surface area contributed by atoms with Crippen LogP contribution in [0.3, 0.4) is 0 Å². The molecule has 0 unspecified atom stereocenters. The molecule has 4 rings (SSSR count). The van der Waals surface area contributed by atoms with Crippen LogP contribution in [0.1, 0.15) is 6.92 Å². The van der Waals surface area contributed by atoms with Gasteiger partial charge in [-0.2, -0.15) is 0 Å². The second-order valence-corrected chi connectivity index (χ2v) is 5.85. The highest BCUT2D eigenvalue weighted by Gasteiger charge is 2.15. The maximum Gasteiger partial charge on any atom is 0.281 e. The number of hydrogen-bond donors (Lipinski definition) is 1. The maximum absolute atomic E-state index is 12.8. The molecule has 0 atom stereocenters. The molecule has 0 saturated heterocycles. The number of aromatic nitrogens is 1. The molecule has 1 N–H and O–H groups in total. The van der Waals surface area contributed by atoms with Gasteiger partial charge >= 0.3 is 0 Å². The van der Waals surface area contributed by atoms with Crippen LogP contribution in [-0.4, -0.2) is 10.1 Å². The third kappa shape index (κ3) is 1.75. The highest BCUT2D eigenvalue weighted by atomic mass is 35.5. The fourth-order valence-electron chi connectivity index (χ4n) is 3.16. The summed E-state index contributed by atoms with van der Waals surface area (Å²) in [5.41, 5.74) is -0.413. The van der Waals surface area contributed by atoms with Crippen LogP contribution in [-0.2, 0) is 0 Å². The summed E-state index contributed by atoms with van der Waals surface area (Å²) in [6.45, 7) is 1.43. The van der Waals surface area contributed by atoms with Crippen molar-refractivity contribution >= 4 is 39.0 Å². The topological polar surface area (TPSA) is 67.3 Å². The zero-order chi connectivity index (χ0) is 16.3. The molecular formula is C18H10ClNO3. The van der Waals surface area contributed by atoms with E-state index in [1.807, 2.05) is 0 Å². The van der Waals surface area contributed by atoms with Gasteiger partial charge in [-0.1, -0.05) is 35.9 Å². The Kier molecular flexibility index (Phi) is 2.80. The number of rotatable bonds is 0. The molecule has 1 aliphatic carbocycles. The van der Waals surface area contributed by atoms with E-state index in [4.69, 9.17) is 11.6 Å². The number of fused-ring (bicyclic) bond motifs is 2. The smallest absolute Gasteiger partial charge is 0.281 e. The number of nitrogens with zero attached hydrogens (tertiary/aromatic N) is 1. The molecule has 4 nitrogen and oxygen atoms in total. The van der Waals surface area contributed by atoms with E-state index in [1.165, 1.54) is 6.92 Å². The molecule has 0 radical (unpaired) electrons. The lowest BCUT2D eigenvalue weighted by molar-refractivity contribution is 0.498. The van der Waals surface area contributed by atoms with Crippen LogP contribution >= 0.6 is 11.6 Å². The fraction of sp³-hybridized carbons (Fsp3) is 0.0556. The van der Waals surface area contributed by atoms with E-state index in [9.17, 15) is 14.7 Å². The van der Waals surface area contributed by atoms with Crippen molar-refractivity contribution in [3.05, 3.63) is 77.7 Å². The van der Waals surface area contributed by atoms with Crippen LogP contribution in [0.25, 0.3) is 27.4 Å². The second-order valence-electron chi connectivity index (χ2n) is 5.45. The molecule has 2 aromatic carbocycles. The monoisotopic (exact) mass is 323 g/mol. The van der Waals surface area contributed by atoms with Gasteiger partial charge in [0.2, 0.25) is 0 Å². The van der Waals surface area contributed by atoms with Crippen molar-refractivity contribution in [3.8, 4) is 0 Å². The molecule has 0 aromatic heterocycles. The molecule has 5 heteroatoms. The molecule has 0 bridgehead atoms. The van der Waals surface area contributed by atoms with Crippen LogP contribution < -0.4 is 16.2 Å². The quantitative estimate of drug-likeness (QED) is 0.539. The number of aliphatic hydroxyl groups excluding tert-OH is 1. The summed E-state index contributed by atoms with van der Waals surface area (Å²) >= 11 is 6.18. The van der Waals surface area contributed by atoms with Crippen molar-refractivity contribution in [1.82, 2.24) is 4.98 Å². The fourth-order valence-corrected chi connectivity index (χ4v) is 3.36. The van der Waals surface area contributed by atoms with Gasteiger partial charge in [0, 0.05) is 21.2 Å². The Morgan fingerprint density at radius 3 is 2.39 bits per heavy atom. The van der Waals surface area contributed by atoms with Gasteiger partial charge in [-0.15, -0.1) is 0 Å². The molecule has 112 valence electrons. The minimum atomic E-state index is -0.560. The standard InChI is InChI=1S/C18H10ClNO3/c1-8(21)13-14-9-4-2-3-5-10(9)17(22)11-6-7-12(19)16(15(11)14)20-18(13)23/h2-7,21H,1H3/b13-8-.